The molecule has 0 radical (unpaired) electrons. The molecule has 5 aromatic rings. The van der Waals surface area contributed by atoms with E-state index in [4.69, 9.17) is 0 Å². The normalized spacial score (nSPS) is 11.2. The van der Waals surface area contributed by atoms with Gasteiger partial charge in [0.2, 0.25) is 0 Å². The Bertz CT molecular complexity index is 1480. The van der Waals surface area contributed by atoms with Crippen LogP contribution in [0.2, 0.25) is 0 Å². The van der Waals surface area contributed by atoms with Gasteiger partial charge < -0.3 is 0 Å². The molecule has 4 heterocycles. The molecule has 0 aliphatic carbocycles. The van der Waals surface area contributed by atoms with Crippen LogP contribution in [-0.2, 0) is 5.75 Å². The zero-order valence-electron chi connectivity index (χ0n) is 17.6. The summed E-state index contributed by atoms with van der Waals surface area (Å²) < 4.78 is 3.61. The molecular formula is C24H20N6OS. The van der Waals surface area contributed by atoms with E-state index in [0.717, 1.165) is 33.4 Å². The molecule has 0 saturated carbocycles. The van der Waals surface area contributed by atoms with Crippen LogP contribution >= 0.6 is 11.8 Å². The summed E-state index contributed by atoms with van der Waals surface area (Å²) in [5.74, 6) is 1.22. The second kappa shape index (κ2) is 8.39. The summed E-state index contributed by atoms with van der Waals surface area (Å²) in [5, 5.41) is 9.64. The third-order valence-corrected chi connectivity index (χ3v) is 6.08. The Balaban J connectivity index is 1.54. The van der Waals surface area contributed by atoms with Crippen molar-refractivity contribution in [2.75, 3.05) is 0 Å². The lowest BCUT2D eigenvalue weighted by Crippen LogP contribution is -2.15. The summed E-state index contributed by atoms with van der Waals surface area (Å²) in [6.45, 7) is 4.01. The van der Waals surface area contributed by atoms with Crippen LogP contribution in [0.25, 0.3) is 22.7 Å². The van der Waals surface area contributed by atoms with Crippen LogP contribution in [0.4, 0.5) is 0 Å². The molecule has 0 unspecified atom stereocenters. The Kier molecular flexibility index (Phi) is 5.28. The van der Waals surface area contributed by atoms with E-state index in [1.165, 1.54) is 11.8 Å². The second-order valence-corrected chi connectivity index (χ2v) is 8.42. The molecule has 8 heteroatoms. The maximum absolute atomic E-state index is 12.6. The topological polar surface area (TPSA) is 78.0 Å². The number of rotatable bonds is 5. The highest BCUT2D eigenvalue weighted by molar-refractivity contribution is 7.98. The number of thioether (sulfide) groups is 1. The predicted molar refractivity (Wildman–Crippen MR) is 125 cm³/mol. The smallest absolute Gasteiger partial charge is 0.258 e. The number of para-hydroxylation sites is 1. The van der Waals surface area contributed by atoms with Gasteiger partial charge in [-0.1, -0.05) is 36.0 Å². The van der Waals surface area contributed by atoms with Crippen molar-refractivity contribution in [3.05, 3.63) is 100 Å². The van der Waals surface area contributed by atoms with Gasteiger partial charge in [-0.3, -0.25) is 18.7 Å². The molecule has 1 aromatic carbocycles. The van der Waals surface area contributed by atoms with Crippen LogP contribution in [0.5, 0.6) is 0 Å². The van der Waals surface area contributed by atoms with Gasteiger partial charge in [0, 0.05) is 36.0 Å². The van der Waals surface area contributed by atoms with Crippen LogP contribution in [0, 0.1) is 13.8 Å². The third-order valence-electron chi connectivity index (χ3n) is 5.12. The van der Waals surface area contributed by atoms with Gasteiger partial charge in [-0.15, -0.1) is 10.2 Å². The van der Waals surface area contributed by atoms with Gasteiger partial charge in [0.1, 0.15) is 5.65 Å². The fraction of sp³-hybridized carbons (Fsp3) is 0.125. The minimum Gasteiger partial charge on any atom is -0.270 e. The average molecular weight is 441 g/mol. The maximum Gasteiger partial charge on any atom is 0.258 e. The molecule has 4 aromatic heterocycles. The zero-order chi connectivity index (χ0) is 22.1. The molecule has 0 N–H and O–H groups in total. The molecular weight excluding hydrogens is 420 g/mol. The van der Waals surface area contributed by atoms with E-state index in [2.05, 4.69) is 33.2 Å². The summed E-state index contributed by atoms with van der Waals surface area (Å²) >= 11 is 1.50. The van der Waals surface area contributed by atoms with Crippen LogP contribution in [0.15, 0.2) is 83.1 Å². The van der Waals surface area contributed by atoms with Crippen molar-refractivity contribution >= 4 is 17.4 Å². The quantitative estimate of drug-likeness (QED) is 0.380. The number of fused-ring (bicyclic) bond motifs is 1. The van der Waals surface area contributed by atoms with E-state index in [0.29, 0.717) is 17.1 Å². The molecule has 32 heavy (non-hydrogen) atoms. The lowest BCUT2D eigenvalue weighted by molar-refractivity contribution is 0.879. The Morgan fingerprint density at radius 1 is 1.00 bits per heavy atom. The van der Waals surface area contributed by atoms with Crippen LogP contribution in [0.3, 0.4) is 0 Å². The lowest BCUT2D eigenvalue weighted by atomic mass is 10.2. The number of nitrogens with zero attached hydrogens (tertiary/aromatic N) is 6. The first-order valence-corrected chi connectivity index (χ1v) is 11.1. The molecule has 158 valence electrons. The van der Waals surface area contributed by atoms with E-state index < -0.39 is 0 Å². The van der Waals surface area contributed by atoms with E-state index >= 15 is 0 Å². The van der Waals surface area contributed by atoms with Crippen molar-refractivity contribution in [3.8, 4) is 17.1 Å². The molecule has 7 nitrogen and oxygen atoms in total. The zero-order valence-corrected chi connectivity index (χ0v) is 18.5. The highest BCUT2D eigenvalue weighted by Crippen LogP contribution is 2.30. The average Bonchev–Trinajstić information content (AvgIpc) is 3.23. The van der Waals surface area contributed by atoms with Gasteiger partial charge in [-0.05, 0) is 49.2 Å². The standard InChI is InChI=1S/C24H20N6OS/c1-16-9-10-21-26-19(12-22(31)29(21)14-16)15-32-24-28-27-23(18-7-5-11-25-13-18)30(24)20-8-4-3-6-17(20)2/h3-14H,15H2,1-2H3. The Hall–Kier alpha value is -3.78. The first-order valence-electron chi connectivity index (χ1n) is 10.1. The SMILES string of the molecule is Cc1ccc2nc(CSc3nnc(-c4cccnc4)n3-c3ccccc3C)cc(=O)n2c1. The summed E-state index contributed by atoms with van der Waals surface area (Å²) in [5.41, 5.74) is 5.25. The van der Waals surface area contributed by atoms with Crippen molar-refractivity contribution in [2.24, 2.45) is 0 Å². The maximum atomic E-state index is 12.6. The van der Waals surface area contributed by atoms with Gasteiger partial charge in [0.05, 0.1) is 11.4 Å². The molecule has 0 fully saturated rings. The van der Waals surface area contributed by atoms with Gasteiger partial charge >= 0.3 is 0 Å². The summed E-state index contributed by atoms with van der Waals surface area (Å²) in [6.07, 6.45) is 5.32. The third kappa shape index (κ3) is 3.80. The van der Waals surface area contributed by atoms with E-state index in [1.807, 2.05) is 54.0 Å². The lowest BCUT2D eigenvalue weighted by Gasteiger charge is -2.12. The van der Waals surface area contributed by atoms with Gasteiger partial charge in [0.25, 0.3) is 5.56 Å². The summed E-state index contributed by atoms with van der Waals surface area (Å²) in [6, 6.07) is 17.4. The van der Waals surface area contributed by atoms with E-state index in [-0.39, 0.29) is 5.56 Å². The molecule has 0 saturated heterocycles. The first-order chi connectivity index (χ1) is 15.6. The van der Waals surface area contributed by atoms with Crippen molar-refractivity contribution in [1.82, 2.24) is 29.1 Å². The fourth-order valence-electron chi connectivity index (χ4n) is 3.55. The number of aryl methyl sites for hydroxylation is 2. The van der Waals surface area contributed by atoms with Crippen molar-refractivity contribution in [1.29, 1.82) is 0 Å². The van der Waals surface area contributed by atoms with Crippen LogP contribution < -0.4 is 5.56 Å². The van der Waals surface area contributed by atoms with E-state index in [9.17, 15) is 4.79 Å². The number of pyridine rings is 2. The minimum absolute atomic E-state index is 0.0919. The van der Waals surface area contributed by atoms with Crippen molar-refractivity contribution in [3.63, 3.8) is 0 Å². The summed E-state index contributed by atoms with van der Waals surface area (Å²) in [7, 11) is 0. The first kappa shape index (κ1) is 20.1. The highest BCUT2D eigenvalue weighted by atomic mass is 32.2. The van der Waals surface area contributed by atoms with Gasteiger partial charge in [-0.25, -0.2) is 4.98 Å². The number of hydrogen-bond acceptors (Lipinski definition) is 6. The van der Waals surface area contributed by atoms with Crippen molar-refractivity contribution < 1.29 is 0 Å². The largest absolute Gasteiger partial charge is 0.270 e. The van der Waals surface area contributed by atoms with E-state index in [1.54, 1.807) is 29.1 Å². The molecule has 0 atom stereocenters. The molecule has 0 aliphatic heterocycles. The Morgan fingerprint density at radius 2 is 1.88 bits per heavy atom. The molecule has 0 bridgehead atoms. The van der Waals surface area contributed by atoms with Gasteiger partial charge in [-0.2, -0.15) is 0 Å². The highest BCUT2D eigenvalue weighted by Gasteiger charge is 2.18. The number of hydrogen-bond donors (Lipinski definition) is 0. The number of benzene rings is 1. The predicted octanol–water partition coefficient (Wildman–Crippen LogP) is 4.25. The monoisotopic (exact) mass is 440 g/mol. The molecule has 0 aliphatic rings. The molecule has 0 spiro atoms. The second-order valence-electron chi connectivity index (χ2n) is 7.48. The van der Waals surface area contributed by atoms with Gasteiger partial charge in [0.15, 0.2) is 11.0 Å². The minimum atomic E-state index is -0.0919. The molecule has 5 rings (SSSR count). The van der Waals surface area contributed by atoms with Crippen molar-refractivity contribution in [2.45, 2.75) is 24.8 Å². The molecule has 0 amide bonds. The van der Waals surface area contributed by atoms with Crippen LogP contribution in [0.1, 0.15) is 16.8 Å². The Morgan fingerprint density at radius 3 is 2.69 bits per heavy atom. The fourth-order valence-corrected chi connectivity index (χ4v) is 4.38. The number of aromatic nitrogens is 6. The Labute approximate surface area is 188 Å². The summed E-state index contributed by atoms with van der Waals surface area (Å²) in [4.78, 5) is 21.4. The van der Waals surface area contributed by atoms with Crippen LogP contribution in [-0.4, -0.2) is 29.1 Å².